The van der Waals surface area contributed by atoms with Crippen molar-refractivity contribution in [2.75, 3.05) is 6.61 Å². The highest BCUT2D eigenvalue weighted by atomic mass is 35.5. The van der Waals surface area contributed by atoms with Gasteiger partial charge >= 0.3 is 5.97 Å². The van der Waals surface area contributed by atoms with Gasteiger partial charge in [0.15, 0.2) is 0 Å². The number of ketones is 2. The molecule has 5 heteroatoms. The maximum absolute atomic E-state index is 12.4. The van der Waals surface area contributed by atoms with E-state index in [0.717, 1.165) is 0 Å². The number of Topliss-reactive ketones (excluding diaryl/α,β-unsaturated/α-hetero) is 2. The smallest absolute Gasteiger partial charge is 0.338 e. The molecular formula is C17H13ClO4. The van der Waals surface area contributed by atoms with Gasteiger partial charge in [-0.3, -0.25) is 9.59 Å². The van der Waals surface area contributed by atoms with Gasteiger partial charge in [0, 0.05) is 16.1 Å². The van der Waals surface area contributed by atoms with Gasteiger partial charge in [0.25, 0.3) is 0 Å². The van der Waals surface area contributed by atoms with Crippen molar-refractivity contribution in [2.24, 2.45) is 0 Å². The number of carbonyl (C=O) groups excluding carboxylic acids is 3. The molecule has 0 bridgehead atoms. The average molecular weight is 317 g/mol. The van der Waals surface area contributed by atoms with E-state index in [-0.39, 0.29) is 23.3 Å². The summed E-state index contributed by atoms with van der Waals surface area (Å²) in [6.45, 7) is 1.85. The molecule has 0 N–H and O–H groups in total. The minimum Gasteiger partial charge on any atom is -0.462 e. The van der Waals surface area contributed by atoms with Crippen molar-refractivity contribution >= 4 is 29.1 Å². The van der Waals surface area contributed by atoms with Crippen molar-refractivity contribution in [3.8, 4) is 0 Å². The topological polar surface area (TPSA) is 60.4 Å². The zero-order chi connectivity index (χ0) is 16.1. The van der Waals surface area contributed by atoms with Gasteiger partial charge in [0.1, 0.15) is 0 Å². The fourth-order valence-electron chi connectivity index (χ4n) is 1.92. The van der Waals surface area contributed by atoms with Crippen LogP contribution in [0.1, 0.15) is 38.0 Å². The van der Waals surface area contributed by atoms with Gasteiger partial charge in [0.2, 0.25) is 11.6 Å². The molecule has 0 saturated carbocycles. The summed E-state index contributed by atoms with van der Waals surface area (Å²) in [5, 5.41) is 0.468. The number of esters is 1. The molecule has 0 saturated heterocycles. The predicted molar refractivity (Wildman–Crippen MR) is 82.5 cm³/mol. The summed E-state index contributed by atoms with van der Waals surface area (Å²) in [5.41, 5.74) is 0.325. The number of benzene rings is 2. The Balaban J connectivity index is 2.35. The second-order valence-electron chi connectivity index (χ2n) is 4.43. The van der Waals surface area contributed by atoms with Crippen LogP contribution in [0.25, 0.3) is 0 Å². The molecule has 4 nitrogen and oxygen atoms in total. The number of carbonyl (C=O) groups is 3. The normalized spacial score (nSPS) is 10.1. The van der Waals surface area contributed by atoms with Crippen molar-refractivity contribution in [3.63, 3.8) is 0 Å². The molecule has 0 radical (unpaired) electrons. The Labute approximate surface area is 132 Å². The van der Waals surface area contributed by atoms with Crippen LogP contribution >= 0.6 is 11.6 Å². The van der Waals surface area contributed by atoms with Crippen molar-refractivity contribution in [1.82, 2.24) is 0 Å². The first-order valence-corrected chi connectivity index (χ1v) is 7.03. The van der Waals surface area contributed by atoms with Crippen LogP contribution in [0, 0.1) is 0 Å². The molecule has 2 rings (SSSR count). The summed E-state index contributed by atoms with van der Waals surface area (Å²) in [5.74, 6) is -2.09. The quantitative estimate of drug-likeness (QED) is 0.480. The van der Waals surface area contributed by atoms with E-state index >= 15 is 0 Å². The van der Waals surface area contributed by atoms with E-state index in [1.165, 1.54) is 36.4 Å². The Kier molecular flexibility index (Phi) is 5.07. The largest absolute Gasteiger partial charge is 0.462 e. The third kappa shape index (κ3) is 3.40. The molecule has 0 spiro atoms. The van der Waals surface area contributed by atoms with Crippen LogP contribution in [0.2, 0.25) is 5.02 Å². The monoisotopic (exact) mass is 316 g/mol. The molecule has 0 aliphatic rings. The third-order valence-corrected chi connectivity index (χ3v) is 3.23. The van der Waals surface area contributed by atoms with Gasteiger partial charge in [-0.2, -0.15) is 0 Å². The number of hydrogen-bond acceptors (Lipinski definition) is 4. The molecule has 112 valence electrons. The summed E-state index contributed by atoms with van der Waals surface area (Å²) in [6, 6.07) is 12.1. The van der Waals surface area contributed by atoms with Crippen molar-refractivity contribution in [2.45, 2.75) is 6.92 Å². The van der Waals surface area contributed by atoms with Gasteiger partial charge in [-0.15, -0.1) is 0 Å². The minimum atomic E-state index is -0.758. The number of hydrogen-bond donors (Lipinski definition) is 0. The highest BCUT2D eigenvalue weighted by Gasteiger charge is 2.24. The van der Waals surface area contributed by atoms with Crippen LogP contribution in [0.4, 0.5) is 0 Å². The van der Waals surface area contributed by atoms with E-state index in [1.807, 2.05) is 0 Å². The summed E-state index contributed by atoms with van der Waals surface area (Å²) >= 11 is 5.76. The fourth-order valence-corrected chi connectivity index (χ4v) is 2.05. The molecule has 0 heterocycles. The fraction of sp³-hybridized carbons (Fsp3) is 0.118. The van der Waals surface area contributed by atoms with Crippen molar-refractivity contribution in [1.29, 1.82) is 0 Å². The summed E-state index contributed by atoms with van der Waals surface area (Å²) < 4.78 is 4.90. The van der Waals surface area contributed by atoms with Gasteiger partial charge < -0.3 is 4.74 Å². The lowest BCUT2D eigenvalue weighted by Gasteiger charge is -2.07. The van der Waals surface area contributed by atoms with E-state index in [0.29, 0.717) is 5.02 Å². The average Bonchev–Trinajstić information content (AvgIpc) is 2.54. The lowest BCUT2D eigenvalue weighted by Crippen LogP contribution is -2.19. The molecule has 2 aromatic rings. The molecule has 0 aromatic heterocycles. The standard InChI is InChI=1S/C17H13ClO4/c1-2-22-17(21)14-6-4-3-5-13(14)16(20)15(19)11-7-9-12(18)10-8-11/h3-10H,2H2,1H3. The molecule has 0 unspecified atom stereocenters. The highest BCUT2D eigenvalue weighted by molar-refractivity contribution is 6.50. The molecule has 2 aromatic carbocycles. The maximum atomic E-state index is 12.4. The second-order valence-corrected chi connectivity index (χ2v) is 4.87. The van der Waals surface area contributed by atoms with Crippen molar-refractivity contribution < 1.29 is 19.1 Å². The van der Waals surface area contributed by atoms with E-state index in [9.17, 15) is 14.4 Å². The van der Waals surface area contributed by atoms with Crippen molar-refractivity contribution in [3.05, 3.63) is 70.2 Å². The molecular weight excluding hydrogens is 304 g/mol. The SMILES string of the molecule is CCOC(=O)c1ccccc1C(=O)C(=O)c1ccc(Cl)cc1. The third-order valence-electron chi connectivity index (χ3n) is 2.98. The first-order chi connectivity index (χ1) is 10.5. The zero-order valence-electron chi connectivity index (χ0n) is 11.8. The van der Waals surface area contributed by atoms with E-state index in [1.54, 1.807) is 19.1 Å². The second kappa shape index (κ2) is 7.00. The Bertz CT molecular complexity index is 720. The Morgan fingerprint density at radius 1 is 0.909 bits per heavy atom. The van der Waals surface area contributed by atoms with Crippen LogP contribution < -0.4 is 0 Å². The van der Waals surface area contributed by atoms with Crippen LogP contribution in [-0.4, -0.2) is 24.1 Å². The van der Waals surface area contributed by atoms with Gasteiger partial charge in [-0.05, 0) is 37.3 Å². The first kappa shape index (κ1) is 15.9. The van der Waals surface area contributed by atoms with E-state index in [4.69, 9.17) is 16.3 Å². The van der Waals surface area contributed by atoms with Crippen LogP contribution in [0.15, 0.2) is 48.5 Å². The number of halogens is 1. The lowest BCUT2D eigenvalue weighted by molar-refractivity contribution is 0.0523. The molecule has 22 heavy (non-hydrogen) atoms. The summed E-state index contributed by atoms with van der Waals surface area (Å²) in [7, 11) is 0. The Morgan fingerprint density at radius 2 is 1.50 bits per heavy atom. The van der Waals surface area contributed by atoms with E-state index < -0.39 is 17.5 Å². The molecule has 0 atom stereocenters. The van der Waals surface area contributed by atoms with Gasteiger partial charge in [-0.25, -0.2) is 4.79 Å². The zero-order valence-corrected chi connectivity index (χ0v) is 12.6. The predicted octanol–water partition coefficient (Wildman–Crippen LogP) is 3.58. The van der Waals surface area contributed by atoms with Crippen LogP contribution in [0.5, 0.6) is 0 Å². The minimum absolute atomic E-state index is 0.0286. The molecule has 0 aliphatic heterocycles. The van der Waals surface area contributed by atoms with Gasteiger partial charge in [0.05, 0.1) is 12.2 Å². The summed E-state index contributed by atoms with van der Waals surface area (Å²) in [4.78, 5) is 36.5. The number of rotatable bonds is 5. The Morgan fingerprint density at radius 3 is 2.09 bits per heavy atom. The van der Waals surface area contributed by atoms with Gasteiger partial charge in [-0.1, -0.05) is 29.8 Å². The maximum Gasteiger partial charge on any atom is 0.338 e. The summed E-state index contributed by atoms with van der Waals surface area (Å²) in [6.07, 6.45) is 0. The Hall–Kier alpha value is -2.46. The molecule has 0 amide bonds. The first-order valence-electron chi connectivity index (χ1n) is 6.65. The van der Waals surface area contributed by atoms with Crippen LogP contribution in [-0.2, 0) is 4.74 Å². The number of ether oxygens (including phenoxy) is 1. The lowest BCUT2D eigenvalue weighted by atomic mass is 9.97. The molecule has 0 aliphatic carbocycles. The van der Waals surface area contributed by atoms with Crippen LogP contribution in [0.3, 0.4) is 0 Å². The highest BCUT2D eigenvalue weighted by Crippen LogP contribution is 2.16. The van der Waals surface area contributed by atoms with E-state index in [2.05, 4.69) is 0 Å². The molecule has 0 fully saturated rings.